The zero-order valence-corrected chi connectivity index (χ0v) is 15.6. The molecule has 0 fully saturated rings. The van der Waals surface area contributed by atoms with Gasteiger partial charge in [0.25, 0.3) is 0 Å². The Morgan fingerprint density at radius 2 is 1.62 bits per heavy atom. The first-order valence-corrected chi connectivity index (χ1v) is 15.3. The predicted molar refractivity (Wildman–Crippen MR) is 80.9 cm³/mol. The third-order valence-corrected chi connectivity index (χ3v) is 9.65. The predicted octanol–water partition coefficient (Wildman–Crippen LogP) is 2.94. The van der Waals surface area contributed by atoms with E-state index in [9.17, 15) is 0 Å². The van der Waals surface area contributed by atoms with E-state index in [0.717, 1.165) is 6.42 Å². The molecule has 1 unspecified atom stereocenters. The van der Waals surface area contributed by atoms with Crippen LogP contribution in [0.2, 0.25) is 39.3 Å². The van der Waals surface area contributed by atoms with Gasteiger partial charge in [-0.3, -0.25) is 0 Å². The smallest absolute Gasteiger partial charge is 0.213 e. The second-order valence-electron chi connectivity index (χ2n) is 5.74. The van der Waals surface area contributed by atoms with Crippen molar-refractivity contribution in [2.24, 2.45) is 0 Å². The third kappa shape index (κ3) is 5.77. The monoisotopic (exact) mass is 278 g/mol. The highest BCUT2D eigenvalue weighted by Crippen LogP contribution is 2.19. The Morgan fingerprint density at radius 3 is 1.94 bits per heavy atom. The van der Waals surface area contributed by atoms with Gasteiger partial charge in [-0.1, -0.05) is 20.0 Å². The molecule has 2 nitrogen and oxygen atoms in total. The van der Waals surface area contributed by atoms with E-state index in [2.05, 4.69) is 53.1 Å². The maximum Gasteiger partial charge on any atom is 0.213 e. The second-order valence-corrected chi connectivity index (χ2v) is 15.6. The Kier molecular flexibility index (Phi) is 7.36. The molecule has 0 aromatic carbocycles. The fourth-order valence-corrected chi connectivity index (χ4v) is 8.92. The zero-order valence-electron chi connectivity index (χ0n) is 12.3. The van der Waals surface area contributed by atoms with Crippen LogP contribution >= 0.6 is 0 Å². The highest BCUT2D eigenvalue weighted by molar-refractivity contribution is 6.74. The van der Waals surface area contributed by atoms with E-state index in [1.807, 2.05) is 0 Å². The van der Waals surface area contributed by atoms with Crippen LogP contribution in [-0.4, -0.2) is 37.6 Å². The molecule has 0 aliphatic rings. The Bertz CT molecular complexity index is 196. The summed E-state index contributed by atoms with van der Waals surface area (Å²) < 4.78 is 12.4. The summed E-state index contributed by atoms with van der Waals surface area (Å²) in [5, 5.41) is 0. The molecule has 2 atom stereocenters. The maximum absolute atomic E-state index is 6.41. The van der Waals surface area contributed by atoms with Crippen LogP contribution in [0.4, 0.5) is 0 Å². The third-order valence-electron chi connectivity index (χ3n) is 3.06. The molecule has 0 spiro atoms. The van der Waals surface area contributed by atoms with Crippen molar-refractivity contribution in [3.05, 3.63) is 0 Å². The van der Waals surface area contributed by atoms with Gasteiger partial charge in [-0.15, -0.1) is 0 Å². The van der Waals surface area contributed by atoms with E-state index in [1.165, 1.54) is 0 Å². The van der Waals surface area contributed by atoms with Crippen molar-refractivity contribution < 1.29 is 8.85 Å². The lowest BCUT2D eigenvalue weighted by atomic mass is 10.5. The topological polar surface area (TPSA) is 18.5 Å². The molecule has 0 aromatic heterocycles. The van der Waals surface area contributed by atoms with E-state index in [1.54, 1.807) is 0 Å². The summed E-state index contributed by atoms with van der Waals surface area (Å²) in [4.78, 5) is 0. The molecule has 0 aliphatic carbocycles. The van der Waals surface area contributed by atoms with Crippen LogP contribution in [0, 0.1) is 0 Å². The molecule has 0 saturated carbocycles. The van der Waals surface area contributed by atoms with Crippen molar-refractivity contribution in [3.8, 4) is 0 Å². The van der Waals surface area contributed by atoms with Crippen LogP contribution in [-0.2, 0) is 8.85 Å². The van der Waals surface area contributed by atoms with E-state index in [0.29, 0.717) is 11.5 Å². The first-order valence-electron chi connectivity index (χ1n) is 6.54. The van der Waals surface area contributed by atoms with E-state index < -0.39 is 26.2 Å². The fourth-order valence-electron chi connectivity index (χ4n) is 1.75. The van der Waals surface area contributed by atoms with Gasteiger partial charge in [0.1, 0.15) is 0 Å². The molecule has 98 valence electrons. The van der Waals surface area contributed by atoms with Crippen molar-refractivity contribution in [3.63, 3.8) is 0 Å². The van der Waals surface area contributed by atoms with Gasteiger partial charge >= 0.3 is 0 Å². The molecular formula is C11H30O2Si3. The van der Waals surface area contributed by atoms with Crippen LogP contribution in [0.5, 0.6) is 0 Å². The highest BCUT2D eigenvalue weighted by Gasteiger charge is 2.34. The summed E-state index contributed by atoms with van der Waals surface area (Å²) in [5.74, 6) is 0. The zero-order chi connectivity index (χ0) is 12.9. The van der Waals surface area contributed by atoms with Crippen LogP contribution in [0.3, 0.4) is 0 Å². The van der Waals surface area contributed by atoms with Crippen molar-refractivity contribution in [1.82, 2.24) is 0 Å². The normalized spacial score (nSPS) is 16.9. The molecule has 16 heavy (non-hydrogen) atoms. The Labute approximate surface area is 106 Å². The summed E-state index contributed by atoms with van der Waals surface area (Å²) in [6, 6.07) is 0. The van der Waals surface area contributed by atoms with Crippen LogP contribution < -0.4 is 0 Å². The molecule has 0 amide bonds. The number of hydrogen-bond acceptors (Lipinski definition) is 2. The van der Waals surface area contributed by atoms with E-state index >= 15 is 0 Å². The van der Waals surface area contributed by atoms with Gasteiger partial charge in [0.15, 0.2) is 9.04 Å². The van der Waals surface area contributed by atoms with Gasteiger partial charge in [0.05, 0.1) is 14.5 Å². The molecule has 0 bridgehead atoms. The van der Waals surface area contributed by atoms with Gasteiger partial charge < -0.3 is 8.85 Å². The quantitative estimate of drug-likeness (QED) is 0.667. The standard InChI is InChI=1S/C11H30O2Si3/c1-9-11(14(3)4)13-16(7,8)10(2)12-15(5)6/h10-11,14-15H,9H2,1-8H3/t10-,11?/m0/s1. The molecule has 0 saturated heterocycles. The largest absolute Gasteiger partial charge is 0.418 e. The minimum Gasteiger partial charge on any atom is -0.418 e. The molecule has 0 aliphatic heterocycles. The molecule has 0 radical (unpaired) electrons. The Hall–Kier alpha value is 0.571. The van der Waals surface area contributed by atoms with Crippen molar-refractivity contribution in [2.75, 3.05) is 0 Å². The van der Waals surface area contributed by atoms with Crippen LogP contribution in [0.15, 0.2) is 0 Å². The molecular weight excluding hydrogens is 248 g/mol. The van der Waals surface area contributed by atoms with Crippen LogP contribution in [0.1, 0.15) is 20.3 Å². The van der Waals surface area contributed by atoms with E-state index in [4.69, 9.17) is 8.85 Å². The SMILES string of the molecule is CCC(O[Si](C)(C)[C@@H](C)O[SiH](C)C)[SiH](C)C. The Balaban J connectivity index is 4.41. The molecule has 0 heterocycles. The van der Waals surface area contributed by atoms with Gasteiger partial charge in [0.2, 0.25) is 8.32 Å². The molecule has 0 rings (SSSR count). The first-order chi connectivity index (χ1) is 7.20. The number of rotatable bonds is 7. The second kappa shape index (κ2) is 7.10. The van der Waals surface area contributed by atoms with Crippen molar-refractivity contribution in [2.45, 2.75) is 71.0 Å². The van der Waals surface area contributed by atoms with Crippen molar-refractivity contribution >= 4 is 26.2 Å². The summed E-state index contributed by atoms with van der Waals surface area (Å²) in [6.45, 7) is 18.3. The number of hydrogen-bond donors (Lipinski definition) is 0. The maximum atomic E-state index is 6.41. The minimum atomic E-state index is -1.67. The Morgan fingerprint density at radius 1 is 1.12 bits per heavy atom. The minimum absolute atomic E-state index is 0.334. The highest BCUT2D eigenvalue weighted by atomic mass is 28.4. The van der Waals surface area contributed by atoms with Gasteiger partial charge in [-0.2, -0.15) is 0 Å². The molecule has 0 aromatic rings. The van der Waals surface area contributed by atoms with E-state index in [-0.39, 0.29) is 0 Å². The lowest BCUT2D eigenvalue weighted by Gasteiger charge is -2.36. The van der Waals surface area contributed by atoms with Gasteiger partial charge in [-0.05, 0) is 39.5 Å². The lowest BCUT2D eigenvalue weighted by Crippen LogP contribution is -2.50. The summed E-state index contributed by atoms with van der Waals surface area (Å²) in [7, 11) is -3.30. The molecule has 5 heteroatoms. The lowest BCUT2D eigenvalue weighted by molar-refractivity contribution is 0.203. The summed E-state index contributed by atoms with van der Waals surface area (Å²) in [6.07, 6.45) is 1.16. The average Bonchev–Trinajstić information content (AvgIpc) is 2.12. The molecule has 0 N–H and O–H groups in total. The average molecular weight is 279 g/mol. The summed E-state index contributed by atoms with van der Waals surface area (Å²) >= 11 is 0. The van der Waals surface area contributed by atoms with Crippen LogP contribution in [0.25, 0.3) is 0 Å². The fraction of sp³-hybridized carbons (Fsp3) is 1.00. The van der Waals surface area contributed by atoms with Gasteiger partial charge in [-0.25, -0.2) is 0 Å². The summed E-state index contributed by atoms with van der Waals surface area (Å²) in [5.41, 5.74) is 0.863. The van der Waals surface area contributed by atoms with Crippen molar-refractivity contribution in [1.29, 1.82) is 0 Å². The van der Waals surface area contributed by atoms with Gasteiger partial charge in [0, 0.05) is 5.73 Å². The first kappa shape index (κ1) is 16.6.